The van der Waals surface area contributed by atoms with Gasteiger partial charge in [-0.25, -0.2) is 14.8 Å². The van der Waals surface area contributed by atoms with Gasteiger partial charge in [0.15, 0.2) is 11.6 Å². The molecule has 8 nitrogen and oxygen atoms in total. The maximum atomic E-state index is 12.3. The van der Waals surface area contributed by atoms with Gasteiger partial charge in [-0.2, -0.15) is 0 Å². The van der Waals surface area contributed by atoms with Gasteiger partial charge in [-0.1, -0.05) is 48.5 Å². The monoisotopic (exact) mass is 440 g/mol. The number of nitrogen functional groups attached to an aromatic ring is 1. The molecule has 0 spiro atoms. The van der Waals surface area contributed by atoms with E-state index < -0.39 is 5.97 Å². The normalized spacial score (nSPS) is 10.3. The van der Waals surface area contributed by atoms with Crippen LogP contribution in [0.3, 0.4) is 0 Å². The zero-order valence-electron chi connectivity index (χ0n) is 18.1. The number of para-hydroxylation sites is 3. The number of aromatic nitrogens is 2. The van der Waals surface area contributed by atoms with Crippen LogP contribution in [-0.4, -0.2) is 22.5 Å². The smallest absolute Gasteiger partial charge is 0.340 e. The fraction of sp³-hybridized carbons (Fsp3) is 0.0800. The summed E-state index contributed by atoms with van der Waals surface area (Å²) in [4.78, 5) is 20.9. The Morgan fingerprint density at radius 3 is 2.09 bits per heavy atom. The van der Waals surface area contributed by atoms with Gasteiger partial charge in [-0.3, -0.25) is 10.4 Å². The number of carbonyl (C=O) groups is 1. The fourth-order valence-electron chi connectivity index (χ4n) is 3.23. The lowest BCUT2D eigenvalue weighted by atomic mass is 10.2. The van der Waals surface area contributed by atoms with Crippen molar-refractivity contribution < 1.29 is 9.53 Å². The first-order valence-electron chi connectivity index (χ1n) is 10.5. The number of rotatable bonds is 8. The van der Waals surface area contributed by atoms with Gasteiger partial charge < -0.3 is 15.8 Å². The van der Waals surface area contributed by atoms with Crippen molar-refractivity contribution in [1.82, 2.24) is 9.97 Å². The molecule has 4 aromatic rings. The number of benzene rings is 3. The SMILES string of the molecule is CCOC(=O)c1ccccc1Nc1ncnc(NN(c2ccccc2)c2ccccc2)c1N. The third kappa shape index (κ3) is 5.01. The predicted octanol–water partition coefficient (Wildman–Crippen LogP) is 5.14. The van der Waals surface area contributed by atoms with E-state index in [0.717, 1.165) is 11.4 Å². The number of carbonyl (C=O) groups excluding carboxylic acids is 1. The summed E-state index contributed by atoms with van der Waals surface area (Å²) < 4.78 is 5.15. The summed E-state index contributed by atoms with van der Waals surface area (Å²) in [6.07, 6.45) is 1.40. The van der Waals surface area contributed by atoms with E-state index >= 15 is 0 Å². The van der Waals surface area contributed by atoms with Crippen LogP contribution in [0.4, 0.5) is 34.4 Å². The van der Waals surface area contributed by atoms with Gasteiger partial charge in [0.1, 0.15) is 12.0 Å². The highest BCUT2D eigenvalue weighted by Gasteiger charge is 2.17. The number of hydrogen-bond acceptors (Lipinski definition) is 8. The van der Waals surface area contributed by atoms with Gasteiger partial charge in [0.05, 0.1) is 29.2 Å². The third-order valence-electron chi connectivity index (χ3n) is 4.81. The molecule has 8 heteroatoms. The molecule has 4 rings (SSSR count). The molecular formula is C25H24N6O2. The molecule has 0 bridgehead atoms. The van der Waals surface area contributed by atoms with Crippen molar-refractivity contribution in [3.05, 3.63) is 96.8 Å². The molecule has 1 aromatic heterocycles. The van der Waals surface area contributed by atoms with Crippen molar-refractivity contribution in [3.8, 4) is 0 Å². The maximum absolute atomic E-state index is 12.3. The molecule has 0 fully saturated rings. The van der Waals surface area contributed by atoms with Crippen LogP contribution in [0, 0.1) is 0 Å². The first-order valence-corrected chi connectivity index (χ1v) is 10.5. The summed E-state index contributed by atoms with van der Waals surface area (Å²) in [5.41, 5.74) is 12.8. The van der Waals surface area contributed by atoms with Crippen molar-refractivity contribution in [1.29, 1.82) is 0 Å². The number of esters is 1. The Morgan fingerprint density at radius 2 is 1.45 bits per heavy atom. The summed E-state index contributed by atoms with van der Waals surface area (Å²) in [6.45, 7) is 2.05. The van der Waals surface area contributed by atoms with Crippen molar-refractivity contribution >= 4 is 40.4 Å². The molecule has 0 atom stereocenters. The third-order valence-corrected chi connectivity index (χ3v) is 4.81. The second-order valence-corrected chi connectivity index (χ2v) is 6.99. The first kappa shape index (κ1) is 21.6. The lowest BCUT2D eigenvalue weighted by Crippen LogP contribution is -2.26. The van der Waals surface area contributed by atoms with Crippen molar-refractivity contribution in [3.63, 3.8) is 0 Å². The molecule has 0 saturated heterocycles. The lowest BCUT2D eigenvalue weighted by molar-refractivity contribution is 0.0527. The Bertz CT molecular complexity index is 1180. The van der Waals surface area contributed by atoms with E-state index in [1.54, 1.807) is 25.1 Å². The van der Waals surface area contributed by atoms with Gasteiger partial charge in [0.2, 0.25) is 0 Å². The maximum Gasteiger partial charge on any atom is 0.340 e. The zero-order valence-corrected chi connectivity index (χ0v) is 18.1. The van der Waals surface area contributed by atoms with E-state index in [4.69, 9.17) is 10.5 Å². The lowest BCUT2D eigenvalue weighted by Gasteiger charge is -2.27. The second kappa shape index (κ2) is 10.1. The van der Waals surface area contributed by atoms with Gasteiger partial charge in [-0.15, -0.1) is 0 Å². The summed E-state index contributed by atoms with van der Waals surface area (Å²) >= 11 is 0. The molecule has 0 unspecified atom stereocenters. The topological polar surface area (TPSA) is 105 Å². The molecule has 0 amide bonds. The molecule has 1 heterocycles. The number of nitrogens with one attached hydrogen (secondary N) is 2. The number of anilines is 6. The molecule has 4 N–H and O–H groups in total. The number of ether oxygens (including phenoxy) is 1. The van der Waals surface area contributed by atoms with Gasteiger partial charge in [0.25, 0.3) is 0 Å². The Labute approximate surface area is 192 Å². The molecule has 0 aliphatic carbocycles. The van der Waals surface area contributed by atoms with Crippen LogP contribution >= 0.6 is 0 Å². The Hall–Kier alpha value is -4.59. The van der Waals surface area contributed by atoms with E-state index in [0.29, 0.717) is 28.6 Å². The minimum atomic E-state index is -0.425. The Balaban J connectivity index is 1.66. The summed E-state index contributed by atoms with van der Waals surface area (Å²) in [6, 6.07) is 26.7. The molecule has 0 saturated carbocycles. The van der Waals surface area contributed by atoms with E-state index in [1.807, 2.05) is 71.7 Å². The average molecular weight is 441 g/mol. The summed E-state index contributed by atoms with van der Waals surface area (Å²) in [5.74, 6) is 0.352. The number of nitrogens with zero attached hydrogens (tertiary/aromatic N) is 3. The van der Waals surface area contributed by atoms with Crippen LogP contribution in [0.25, 0.3) is 0 Å². The van der Waals surface area contributed by atoms with Crippen LogP contribution in [0.2, 0.25) is 0 Å². The Morgan fingerprint density at radius 1 is 0.879 bits per heavy atom. The molecule has 33 heavy (non-hydrogen) atoms. The van der Waals surface area contributed by atoms with Gasteiger partial charge in [0, 0.05) is 0 Å². The average Bonchev–Trinajstić information content (AvgIpc) is 2.86. The van der Waals surface area contributed by atoms with Crippen LogP contribution in [0.1, 0.15) is 17.3 Å². The minimum Gasteiger partial charge on any atom is -0.462 e. The quantitative estimate of drug-likeness (QED) is 0.255. The second-order valence-electron chi connectivity index (χ2n) is 6.99. The van der Waals surface area contributed by atoms with Crippen LogP contribution in [0.5, 0.6) is 0 Å². The minimum absolute atomic E-state index is 0.283. The molecule has 0 aliphatic rings. The molecule has 166 valence electrons. The van der Waals surface area contributed by atoms with Crippen molar-refractivity contribution in [2.45, 2.75) is 6.92 Å². The molecule has 0 radical (unpaired) electrons. The van der Waals surface area contributed by atoms with Crippen LogP contribution in [0.15, 0.2) is 91.3 Å². The standard InChI is InChI=1S/C25H24N6O2/c1-2-33-25(32)20-15-9-10-16-21(20)29-23-22(26)24(28-17-27-23)30-31(18-11-5-3-6-12-18)19-13-7-4-8-14-19/h3-17H,2,26H2,1H3,(H2,27,28,29,30). The van der Waals surface area contributed by atoms with E-state index in [9.17, 15) is 4.79 Å². The first-order chi connectivity index (χ1) is 16.2. The summed E-state index contributed by atoms with van der Waals surface area (Å²) in [7, 11) is 0. The highest BCUT2D eigenvalue weighted by Crippen LogP contribution is 2.31. The molecule has 0 aliphatic heterocycles. The number of nitrogens with two attached hydrogens (primary N) is 1. The Kier molecular flexibility index (Phi) is 6.65. The number of hydrazine groups is 1. The highest BCUT2D eigenvalue weighted by molar-refractivity contribution is 5.97. The van der Waals surface area contributed by atoms with Crippen LogP contribution < -0.4 is 21.5 Å². The summed E-state index contributed by atoms with van der Waals surface area (Å²) in [5, 5.41) is 5.02. The largest absolute Gasteiger partial charge is 0.462 e. The van der Waals surface area contributed by atoms with Crippen molar-refractivity contribution in [2.24, 2.45) is 0 Å². The molecule has 3 aromatic carbocycles. The fourth-order valence-corrected chi connectivity index (χ4v) is 3.23. The van der Waals surface area contributed by atoms with Gasteiger partial charge in [-0.05, 0) is 43.3 Å². The van der Waals surface area contributed by atoms with E-state index in [-0.39, 0.29) is 6.61 Å². The van der Waals surface area contributed by atoms with Crippen molar-refractivity contribution in [2.75, 3.05) is 28.1 Å². The van der Waals surface area contributed by atoms with Gasteiger partial charge >= 0.3 is 5.97 Å². The zero-order chi connectivity index (χ0) is 23.0. The molecular weight excluding hydrogens is 416 g/mol. The highest BCUT2D eigenvalue weighted by atomic mass is 16.5. The van der Waals surface area contributed by atoms with E-state index in [1.165, 1.54) is 6.33 Å². The predicted molar refractivity (Wildman–Crippen MR) is 131 cm³/mol. The number of hydrogen-bond donors (Lipinski definition) is 3. The van der Waals surface area contributed by atoms with E-state index in [2.05, 4.69) is 20.7 Å². The van der Waals surface area contributed by atoms with Crippen LogP contribution in [-0.2, 0) is 4.74 Å².